The molecule has 1 N–H and O–H groups in total. The third-order valence-electron chi connectivity index (χ3n) is 5.00. The SMILES string of the molecule is CC1N=C(c2ccccc2)c2cc(Cl)ccc2N(CC(=O)Nc2ccc(F)c(Cl)c2)C1=O. The van der Waals surface area contributed by atoms with Crippen molar-refractivity contribution in [3.05, 3.63) is 93.7 Å². The smallest absolute Gasteiger partial charge is 0.252 e. The van der Waals surface area contributed by atoms with Crippen molar-refractivity contribution in [2.45, 2.75) is 13.0 Å². The summed E-state index contributed by atoms with van der Waals surface area (Å²) in [6.07, 6.45) is 0. The van der Waals surface area contributed by atoms with Crippen molar-refractivity contribution < 1.29 is 14.0 Å². The monoisotopic (exact) mass is 469 g/mol. The molecule has 162 valence electrons. The second-order valence-corrected chi connectivity index (χ2v) is 8.13. The molecule has 32 heavy (non-hydrogen) atoms. The number of nitrogens with zero attached hydrogens (tertiary/aromatic N) is 2. The lowest BCUT2D eigenvalue weighted by atomic mass is 10.00. The molecule has 2 amide bonds. The number of hydrogen-bond acceptors (Lipinski definition) is 3. The van der Waals surface area contributed by atoms with Crippen LogP contribution < -0.4 is 10.2 Å². The van der Waals surface area contributed by atoms with Crippen LogP contribution in [0, 0.1) is 5.82 Å². The molecule has 0 aromatic heterocycles. The summed E-state index contributed by atoms with van der Waals surface area (Å²) in [4.78, 5) is 32.0. The molecular weight excluding hydrogens is 452 g/mol. The van der Waals surface area contributed by atoms with Crippen LogP contribution in [-0.2, 0) is 9.59 Å². The third-order valence-corrected chi connectivity index (χ3v) is 5.53. The maximum Gasteiger partial charge on any atom is 0.252 e. The van der Waals surface area contributed by atoms with Gasteiger partial charge in [-0.05, 0) is 43.3 Å². The fraction of sp³-hybridized carbons (Fsp3) is 0.125. The maximum absolute atomic E-state index is 13.4. The van der Waals surface area contributed by atoms with E-state index in [1.807, 2.05) is 30.3 Å². The number of carbonyl (C=O) groups excluding carboxylic acids is 2. The van der Waals surface area contributed by atoms with Crippen LogP contribution in [0.15, 0.2) is 71.7 Å². The number of nitrogens with one attached hydrogen (secondary N) is 1. The molecule has 0 radical (unpaired) electrons. The second kappa shape index (κ2) is 9.10. The van der Waals surface area contributed by atoms with E-state index in [0.717, 1.165) is 11.6 Å². The molecule has 0 saturated carbocycles. The number of amides is 2. The molecule has 0 bridgehead atoms. The van der Waals surface area contributed by atoms with Crippen molar-refractivity contribution in [3.63, 3.8) is 0 Å². The fourth-order valence-corrected chi connectivity index (χ4v) is 3.86. The summed E-state index contributed by atoms with van der Waals surface area (Å²) < 4.78 is 13.4. The first-order valence-electron chi connectivity index (χ1n) is 9.83. The van der Waals surface area contributed by atoms with Crippen molar-refractivity contribution in [1.82, 2.24) is 0 Å². The molecule has 1 aliphatic heterocycles. The third kappa shape index (κ3) is 4.52. The van der Waals surface area contributed by atoms with Crippen molar-refractivity contribution in [1.29, 1.82) is 0 Å². The Balaban J connectivity index is 1.70. The van der Waals surface area contributed by atoms with Gasteiger partial charge in [0.2, 0.25) is 5.91 Å². The Morgan fingerprint density at radius 3 is 2.56 bits per heavy atom. The van der Waals surface area contributed by atoms with E-state index in [4.69, 9.17) is 23.2 Å². The molecule has 4 rings (SSSR count). The van der Waals surface area contributed by atoms with Gasteiger partial charge in [-0.1, -0.05) is 53.5 Å². The Kier molecular flexibility index (Phi) is 6.26. The lowest BCUT2D eigenvalue weighted by Crippen LogP contribution is -2.42. The molecular formula is C24H18Cl2FN3O2. The number of rotatable bonds is 4. The number of hydrogen-bond donors (Lipinski definition) is 1. The largest absolute Gasteiger partial charge is 0.324 e. The zero-order valence-electron chi connectivity index (χ0n) is 17.0. The molecule has 0 fully saturated rings. The van der Waals surface area contributed by atoms with E-state index in [2.05, 4.69) is 10.3 Å². The van der Waals surface area contributed by atoms with Gasteiger partial charge in [-0.25, -0.2) is 4.39 Å². The average Bonchev–Trinajstić information content (AvgIpc) is 2.87. The van der Waals surface area contributed by atoms with E-state index in [-0.39, 0.29) is 17.5 Å². The topological polar surface area (TPSA) is 61.8 Å². The number of anilines is 2. The standard InChI is InChI=1S/C24H18Cl2FN3O2/c1-14-24(32)30(13-22(31)29-17-8-9-20(27)19(26)12-17)21-10-7-16(25)11-18(21)23(28-14)15-5-3-2-4-6-15/h2-12,14H,13H2,1H3,(H,29,31). The quantitative estimate of drug-likeness (QED) is 0.560. The molecule has 0 spiro atoms. The van der Waals surface area contributed by atoms with Crippen LogP contribution in [0.25, 0.3) is 0 Å². The summed E-state index contributed by atoms with van der Waals surface area (Å²) in [6.45, 7) is 1.42. The highest BCUT2D eigenvalue weighted by atomic mass is 35.5. The molecule has 1 heterocycles. The summed E-state index contributed by atoms with van der Waals surface area (Å²) in [7, 11) is 0. The summed E-state index contributed by atoms with van der Waals surface area (Å²) in [5.41, 5.74) is 2.96. The second-order valence-electron chi connectivity index (χ2n) is 7.28. The highest BCUT2D eigenvalue weighted by molar-refractivity contribution is 6.32. The van der Waals surface area contributed by atoms with Crippen molar-refractivity contribution >= 4 is 52.1 Å². The van der Waals surface area contributed by atoms with E-state index >= 15 is 0 Å². The number of halogens is 3. The van der Waals surface area contributed by atoms with E-state index < -0.39 is 17.8 Å². The molecule has 1 aliphatic rings. The van der Waals surface area contributed by atoms with E-state index in [0.29, 0.717) is 27.7 Å². The van der Waals surface area contributed by atoms with Crippen molar-refractivity contribution in [2.24, 2.45) is 4.99 Å². The first-order chi connectivity index (χ1) is 15.3. The van der Waals surface area contributed by atoms with Gasteiger partial charge in [0.05, 0.1) is 16.4 Å². The molecule has 8 heteroatoms. The van der Waals surface area contributed by atoms with Gasteiger partial charge in [-0.3, -0.25) is 14.6 Å². The molecule has 0 saturated heterocycles. The van der Waals surface area contributed by atoms with Gasteiger partial charge in [0.1, 0.15) is 18.4 Å². The van der Waals surface area contributed by atoms with Crippen molar-refractivity contribution in [2.75, 3.05) is 16.8 Å². The Morgan fingerprint density at radius 2 is 1.84 bits per heavy atom. The fourth-order valence-electron chi connectivity index (χ4n) is 3.50. The van der Waals surface area contributed by atoms with Crippen molar-refractivity contribution in [3.8, 4) is 0 Å². The number of fused-ring (bicyclic) bond motifs is 1. The highest BCUT2D eigenvalue weighted by Crippen LogP contribution is 2.31. The lowest BCUT2D eigenvalue weighted by molar-refractivity contribution is -0.122. The van der Waals surface area contributed by atoms with E-state index in [9.17, 15) is 14.0 Å². The Hall–Kier alpha value is -3.22. The number of aliphatic imine (C=N–C) groups is 1. The first kappa shape index (κ1) is 22.0. The number of carbonyl (C=O) groups is 2. The molecule has 3 aromatic carbocycles. The molecule has 1 unspecified atom stereocenters. The van der Waals surface area contributed by atoms with Gasteiger partial charge >= 0.3 is 0 Å². The summed E-state index contributed by atoms with van der Waals surface area (Å²) in [6, 6.07) is 17.7. The Bertz CT molecular complexity index is 1230. The molecule has 3 aromatic rings. The van der Waals surface area contributed by atoms with Crippen LogP contribution in [-0.4, -0.2) is 30.1 Å². The molecule has 0 aliphatic carbocycles. The normalized spacial score (nSPS) is 15.6. The van der Waals surface area contributed by atoms with Crippen LogP contribution in [0.2, 0.25) is 10.0 Å². The Labute approximate surface area is 194 Å². The lowest BCUT2D eigenvalue weighted by Gasteiger charge is -2.24. The minimum Gasteiger partial charge on any atom is -0.324 e. The first-order valence-corrected chi connectivity index (χ1v) is 10.6. The average molecular weight is 470 g/mol. The highest BCUT2D eigenvalue weighted by Gasteiger charge is 2.31. The number of benzene rings is 3. The van der Waals surface area contributed by atoms with Crippen LogP contribution in [0.1, 0.15) is 18.1 Å². The van der Waals surface area contributed by atoms with Gasteiger partial charge in [-0.15, -0.1) is 0 Å². The van der Waals surface area contributed by atoms with E-state index in [1.54, 1.807) is 25.1 Å². The van der Waals surface area contributed by atoms with Crippen LogP contribution >= 0.6 is 23.2 Å². The van der Waals surface area contributed by atoms with Crippen LogP contribution in [0.5, 0.6) is 0 Å². The van der Waals surface area contributed by atoms with Crippen LogP contribution in [0.4, 0.5) is 15.8 Å². The van der Waals surface area contributed by atoms with Gasteiger partial charge in [0, 0.05) is 21.8 Å². The number of benzodiazepines with no additional fused rings is 1. The minimum atomic E-state index is -0.718. The van der Waals surface area contributed by atoms with Gasteiger partial charge < -0.3 is 10.2 Å². The molecule has 5 nitrogen and oxygen atoms in total. The zero-order valence-corrected chi connectivity index (χ0v) is 18.5. The maximum atomic E-state index is 13.4. The minimum absolute atomic E-state index is 0.108. The summed E-state index contributed by atoms with van der Waals surface area (Å²) >= 11 is 12.1. The predicted octanol–water partition coefficient (Wildman–Crippen LogP) is 5.34. The van der Waals surface area contributed by atoms with Gasteiger partial charge in [0.15, 0.2) is 0 Å². The van der Waals surface area contributed by atoms with E-state index in [1.165, 1.54) is 17.0 Å². The Morgan fingerprint density at radius 1 is 1.09 bits per heavy atom. The van der Waals surface area contributed by atoms with Gasteiger partial charge in [-0.2, -0.15) is 0 Å². The summed E-state index contributed by atoms with van der Waals surface area (Å²) in [5, 5.41) is 3.03. The summed E-state index contributed by atoms with van der Waals surface area (Å²) in [5.74, 6) is -1.37. The van der Waals surface area contributed by atoms with Gasteiger partial charge in [0.25, 0.3) is 5.91 Å². The zero-order chi connectivity index (χ0) is 22.8. The predicted molar refractivity (Wildman–Crippen MR) is 125 cm³/mol. The molecule has 1 atom stereocenters. The van der Waals surface area contributed by atoms with Crippen LogP contribution in [0.3, 0.4) is 0 Å².